The molecule has 9 aromatic rings. The van der Waals surface area contributed by atoms with Crippen LogP contribution in [0, 0.1) is 0 Å². The average molecular weight is 588 g/mol. The number of furan rings is 1. The summed E-state index contributed by atoms with van der Waals surface area (Å²) in [6.45, 7) is 0. The highest BCUT2D eigenvalue weighted by molar-refractivity contribution is 6.18. The first-order chi connectivity index (χ1) is 22.8. The van der Waals surface area contributed by atoms with Gasteiger partial charge in [0.2, 0.25) is 0 Å². The molecule has 0 N–H and O–H groups in total. The lowest BCUT2D eigenvalue weighted by atomic mass is 9.99. The molecule has 0 aliphatic rings. The molecule has 0 amide bonds. The number of rotatable bonds is 5. The van der Waals surface area contributed by atoms with Crippen LogP contribution in [0.5, 0.6) is 0 Å². The summed E-state index contributed by atoms with van der Waals surface area (Å²) >= 11 is 0. The van der Waals surface area contributed by atoms with Crippen molar-refractivity contribution in [3.8, 4) is 22.3 Å². The van der Waals surface area contributed by atoms with Crippen LogP contribution in [-0.4, -0.2) is 0 Å². The Kier molecular flexibility index (Phi) is 6.17. The van der Waals surface area contributed by atoms with Crippen molar-refractivity contribution in [2.75, 3.05) is 4.90 Å². The number of hydrogen-bond donors (Lipinski definition) is 0. The Morgan fingerprint density at radius 1 is 0.326 bits per heavy atom. The van der Waals surface area contributed by atoms with E-state index >= 15 is 0 Å². The molecule has 46 heavy (non-hydrogen) atoms. The molecule has 0 aliphatic heterocycles. The van der Waals surface area contributed by atoms with Crippen LogP contribution >= 0.6 is 0 Å². The van der Waals surface area contributed by atoms with Gasteiger partial charge in [-0.2, -0.15) is 0 Å². The zero-order valence-corrected chi connectivity index (χ0v) is 25.1. The SMILES string of the molecule is c1ccc(-c2ccc(N(c3ccc4ccccc4c3)c3cc(-c4ccccc4)cc4c3oc3c5ccccc5ccc43)cc2)cc1. The third-order valence-corrected chi connectivity index (χ3v) is 9.02. The van der Waals surface area contributed by atoms with E-state index in [9.17, 15) is 0 Å². The van der Waals surface area contributed by atoms with Crippen molar-refractivity contribution in [3.63, 3.8) is 0 Å². The summed E-state index contributed by atoms with van der Waals surface area (Å²) in [6.07, 6.45) is 0. The van der Waals surface area contributed by atoms with Gasteiger partial charge in [0.1, 0.15) is 5.58 Å². The van der Waals surface area contributed by atoms with Crippen molar-refractivity contribution < 1.29 is 4.42 Å². The average Bonchev–Trinajstić information content (AvgIpc) is 3.52. The smallest absolute Gasteiger partial charge is 0.159 e. The quantitative estimate of drug-likeness (QED) is 0.199. The van der Waals surface area contributed by atoms with Crippen LogP contribution in [-0.2, 0) is 0 Å². The maximum atomic E-state index is 6.95. The highest BCUT2D eigenvalue weighted by Crippen LogP contribution is 2.46. The number of benzene rings is 8. The number of anilines is 3. The predicted octanol–water partition coefficient (Wildman–Crippen LogP) is 12.7. The summed E-state index contributed by atoms with van der Waals surface area (Å²) in [4.78, 5) is 2.35. The molecule has 216 valence electrons. The minimum atomic E-state index is 0.867. The van der Waals surface area contributed by atoms with Gasteiger partial charge in [-0.25, -0.2) is 0 Å². The molecule has 1 aromatic heterocycles. The maximum Gasteiger partial charge on any atom is 0.159 e. The highest BCUT2D eigenvalue weighted by atomic mass is 16.3. The van der Waals surface area contributed by atoms with Crippen LogP contribution in [0.1, 0.15) is 0 Å². The van der Waals surface area contributed by atoms with Crippen molar-refractivity contribution in [1.82, 2.24) is 0 Å². The summed E-state index contributed by atoms with van der Waals surface area (Å²) in [5.74, 6) is 0. The Bertz CT molecular complexity index is 2510. The zero-order chi connectivity index (χ0) is 30.5. The minimum Gasteiger partial charge on any atom is -0.453 e. The second kappa shape index (κ2) is 10.8. The Labute approximate surface area is 267 Å². The van der Waals surface area contributed by atoms with Crippen LogP contribution in [0.25, 0.3) is 65.7 Å². The maximum absolute atomic E-state index is 6.95. The van der Waals surface area contributed by atoms with Crippen molar-refractivity contribution in [3.05, 3.63) is 176 Å². The fourth-order valence-electron chi connectivity index (χ4n) is 6.73. The molecule has 0 radical (unpaired) electrons. The first-order valence-electron chi connectivity index (χ1n) is 15.7. The van der Waals surface area contributed by atoms with Crippen LogP contribution in [0.3, 0.4) is 0 Å². The molecule has 1 heterocycles. The molecule has 0 unspecified atom stereocenters. The van der Waals surface area contributed by atoms with Gasteiger partial charge in [0.25, 0.3) is 0 Å². The fraction of sp³-hybridized carbons (Fsp3) is 0. The molecule has 9 rings (SSSR count). The van der Waals surface area contributed by atoms with E-state index in [4.69, 9.17) is 4.42 Å². The molecule has 0 fully saturated rings. The van der Waals surface area contributed by atoms with Gasteiger partial charge in [0.15, 0.2) is 5.58 Å². The molecule has 0 saturated carbocycles. The number of nitrogens with zero attached hydrogens (tertiary/aromatic N) is 1. The summed E-state index contributed by atoms with van der Waals surface area (Å²) in [5, 5.41) is 6.91. The molecule has 8 aromatic carbocycles. The number of hydrogen-bond acceptors (Lipinski definition) is 2. The Morgan fingerprint density at radius 2 is 0.913 bits per heavy atom. The van der Waals surface area contributed by atoms with Crippen LogP contribution < -0.4 is 4.90 Å². The van der Waals surface area contributed by atoms with E-state index in [2.05, 4.69) is 181 Å². The minimum absolute atomic E-state index is 0.867. The molecular formula is C44H29NO. The molecule has 0 aliphatic carbocycles. The third kappa shape index (κ3) is 4.43. The van der Waals surface area contributed by atoms with E-state index in [1.807, 2.05) is 0 Å². The van der Waals surface area contributed by atoms with E-state index in [-0.39, 0.29) is 0 Å². The van der Waals surface area contributed by atoms with Crippen LogP contribution in [0.2, 0.25) is 0 Å². The topological polar surface area (TPSA) is 16.4 Å². The van der Waals surface area contributed by atoms with E-state index in [0.29, 0.717) is 0 Å². The molecule has 0 saturated heterocycles. The summed E-state index contributed by atoms with van der Waals surface area (Å²) in [5.41, 5.74) is 9.60. The van der Waals surface area contributed by atoms with E-state index < -0.39 is 0 Å². The van der Waals surface area contributed by atoms with Crippen molar-refractivity contribution >= 4 is 60.5 Å². The summed E-state index contributed by atoms with van der Waals surface area (Å²) < 4.78 is 6.95. The lowest BCUT2D eigenvalue weighted by Gasteiger charge is -2.27. The second-order valence-electron chi connectivity index (χ2n) is 11.8. The second-order valence-corrected chi connectivity index (χ2v) is 11.8. The monoisotopic (exact) mass is 587 g/mol. The Hall–Kier alpha value is -6.12. The van der Waals surface area contributed by atoms with E-state index in [1.165, 1.54) is 32.8 Å². The predicted molar refractivity (Wildman–Crippen MR) is 194 cm³/mol. The highest BCUT2D eigenvalue weighted by Gasteiger charge is 2.22. The molecule has 0 spiro atoms. The van der Waals surface area contributed by atoms with Gasteiger partial charge in [-0.15, -0.1) is 0 Å². The molecule has 2 heteroatoms. The van der Waals surface area contributed by atoms with Gasteiger partial charge in [0.05, 0.1) is 5.69 Å². The summed E-state index contributed by atoms with van der Waals surface area (Å²) in [6, 6.07) is 62.7. The molecule has 2 nitrogen and oxygen atoms in total. The van der Waals surface area contributed by atoms with E-state index in [0.717, 1.165) is 50.0 Å². The zero-order valence-electron chi connectivity index (χ0n) is 25.1. The van der Waals surface area contributed by atoms with Crippen LogP contribution in [0.15, 0.2) is 180 Å². The molecule has 0 atom stereocenters. The Balaban J connectivity index is 1.35. The van der Waals surface area contributed by atoms with Gasteiger partial charge in [-0.3, -0.25) is 0 Å². The fourth-order valence-corrected chi connectivity index (χ4v) is 6.73. The summed E-state index contributed by atoms with van der Waals surface area (Å²) in [7, 11) is 0. The van der Waals surface area contributed by atoms with E-state index in [1.54, 1.807) is 0 Å². The molecular weight excluding hydrogens is 558 g/mol. The first kappa shape index (κ1) is 26.3. The van der Waals surface area contributed by atoms with Gasteiger partial charge in [-0.1, -0.05) is 133 Å². The molecule has 0 bridgehead atoms. The van der Waals surface area contributed by atoms with Gasteiger partial charge in [-0.05, 0) is 80.9 Å². The van der Waals surface area contributed by atoms with Crippen molar-refractivity contribution in [1.29, 1.82) is 0 Å². The lowest BCUT2D eigenvalue weighted by Crippen LogP contribution is -2.10. The van der Waals surface area contributed by atoms with Crippen molar-refractivity contribution in [2.24, 2.45) is 0 Å². The standard InChI is InChI=1S/C44H29NO/c1-3-11-30(12-4-1)33-19-23-37(24-20-33)45(38-25-21-32-15-7-8-17-35(32)27-38)42-29-36(31-13-5-2-6-14-31)28-41-40-26-22-34-16-9-10-18-39(34)43(40)46-44(41)42/h1-29H. The largest absolute Gasteiger partial charge is 0.453 e. The first-order valence-corrected chi connectivity index (χ1v) is 15.7. The lowest BCUT2D eigenvalue weighted by molar-refractivity contribution is 0.673. The van der Waals surface area contributed by atoms with Gasteiger partial charge >= 0.3 is 0 Å². The van der Waals surface area contributed by atoms with Crippen molar-refractivity contribution in [2.45, 2.75) is 0 Å². The van der Waals surface area contributed by atoms with Gasteiger partial charge in [0, 0.05) is 27.5 Å². The van der Waals surface area contributed by atoms with Gasteiger partial charge < -0.3 is 9.32 Å². The Morgan fingerprint density at radius 3 is 1.67 bits per heavy atom. The third-order valence-electron chi connectivity index (χ3n) is 9.02. The normalized spacial score (nSPS) is 11.5. The van der Waals surface area contributed by atoms with Crippen LogP contribution in [0.4, 0.5) is 17.1 Å². The number of fused-ring (bicyclic) bond motifs is 6.